The molecule has 200 valence electrons. The fourth-order valence-electron chi connectivity index (χ4n) is 4.68. The van der Waals surface area contributed by atoms with Crippen LogP contribution in [0.4, 0.5) is 9.59 Å². The summed E-state index contributed by atoms with van der Waals surface area (Å²) >= 11 is 0. The molecule has 0 aliphatic carbocycles. The number of imidazole rings is 1. The van der Waals surface area contributed by atoms with Crippen LogP contribution >= 0.6 is 12.4 Å². The number of amides is 2. The van der Waals surface area contributed by atoms with E-state index < -0.39 is 18.2 Å². The lowest BCUT2D eigenvalue weighted by molar-refractivity contribution is 0.0368. The van der Waals surface area contributed by atoms with Gasteiger partial charge in [-0.15, -0.1) is 12.4 Å². The van der Waals surface area contributed by atoms with Crippen molar-refractivity contribution in [3.05, 3.63) is 65.1 Å². The normalized spacial score (nSPS) is 15.1. The van der Waals surface area contributed by atoms with Gasteiger partial charge in [0.05, 0.1) is 11.0 Å². The van der Waals surface area contributed by atoms with Crippen molar-refractivity contribution in [1.82, 2.24) is 19.4 Å². The van der Waals surface area contributed by atoms with Gasteiger partial charge in [0.2, 0.25) is 0 Å². The Hall–Kier alpha value is -3.50. The van der Waals surface area contributed by atoms with Crippen molar-refractivity contribution in [1.29, 1.82) is 0 Å². The van der Waals surface area contributed by atoms with E-state index in [1.165, 1.54) is 4.57 Å². The highest BCUT2D eigenvalue weighted by Crippen LogP contribution is 2.18. The zero-order valence-electron chi connectivity index (χ0n) is 20.9. The molecule has 1 fully saturated rings. The quantitative estimate of drug-likeness (QED) is 0.438. The summed E-state index contributed by atoms with van der Waals surface area (Å²) in [5, 5.41) is 2.95. The molecule has 3 aromatic rings. The van der Waals surface area contributed by atoms with Gasteiger partial charge in [-0.1, -0.05) is 30.3 Å². The largest absolute Gasteiger partial charge is 0.490 e. The molecule has 2 amide bonds. The fraction of sp³-hybridized carbons (Fsp3) is 0.423. The molecule has 0 spiro atoms. The van der Waals surface area contributed by atoms with E-state index in [0.29, 0.717) is 30.9 Å². The van der Waals surface area contributed by atoms with Gasteiger partial charge in [-0.3, -0.25) is 9.47 Å². The van der Waals surface area contributed by atoms with Crippen LogP contribution in [-0.4, -0.2) is 65.0 Å². The number of aromatic nitrogens is 2. The Balaban J connectivity index is 0.00000380. The van der Waals surface area contributed by atoms with Crippen LogP contribution in [-0.2, 0) is 11.3 Å². The van der Waals surface area contributed by atoms with Crippen molar-refractivity contribution in [2.24, 2.45) is 11.7 Å². The first-order chi connectivity index (χ1) is 17.5. The van der Waals surface area contributed by atoms with Crippen LogP contribution in [0.15, 0.2) is 59.4 Å². The lowest BCUT2D eigenvalue weighted by Crippen LogP contribution is -2.45. The maximum atomic E-state index is 12.9. The van der Waals surface area contributed by atoms with Crippen LogP contribution in [0.25, 0.3) is 11.0 Å². The predicted molar refractivity (Wildman–Crippen MR) is 143 cm³/mol. The van der Waals surface area contributed by atoms with Crippen molar-refractivity contribution >= 4 is 35.6 Å². The number of rotatable bonds is 9. The standard InChI is InChI=1S/C26H33N5O5.ClH/c1-2-30-22-10-6-7-11-23(22)31(26(30)34)25(33)28-16-19-12-14-29(15-13-19)17-21(36-24(27)32)18-35-20-8-4-3-5-9-20;/h3-11,19,21H,2,12-18H2,1H3,(H2,27,32)(H,28,33);1H. The third-order valence-corrected chi connectivity index (χ3v) is 6.53. The van der Waals surface area contributed by atoms with Gasteiger partial charge < -0.3 is 20.5 Å². The second kappa shape index (κ2) is 13.2. The molecule has 1 aliphatic rings. The van der Waals surface area contributed by atoms with E-state index in [1.54, 1.807) is 10.6 Å². The smallest absolute Gasteiger partial charge is 0.404 e. The van der Waals surface area contributed by atoms with Gasteiger partial charge in [0, 0.05) is 19.6 Å². The number of hydrogen-bond acceptors (Lipinski definition) is 6. The Labute approximate surface area is 221 Å². The number of nitrogens with two attached hydrogens (primary N) is 1. The minimum absolute atomic E-state index is 0. The third kappa shape index (κ3) is 7.05. The number of ether oxygens (including phenoxy) is 2. The van der Waals surface area contributed by atoms with Crippen molar-refractivity contribution in [3.8, 4) is 5.75 Å². The van der Waals surface area contributed by atoms with Crippen molar-refractivity contribution in [3.63, 3.8) is 0 Å². The number of hydrogen-bond donors (Lipinski definition) is 2. The summed E-state index contributed by atoms with van der Waals surface area (Å²) in [6.07, 6.45) is 0.430. The third-order valence-electron chi connectivity index (χ3n) is 6.53. The summed E-state index contributed by atoms with van der Waals surface area (Å²) < 4.78 is 13.8. The highest BCUT2D eigenvalue weighted by molar-refractivity contribution is 5.89. The number of carbonyl (C=O) groups excluding carboxylic acids is 2. The first kappa shape index (κ1) is 28.1. The van der Waals surface area contributed by atoms with Crippen molar-refractivity contribution in [2.75, 3.05) is 32.8 Å². The van der Waals surface area contributed by atoms with Crippen molar-refractivity contribution < 1.29 is 19.1 Å². The van der Waals surface area contributed by atoms with E-state index in [4.69, 9.17) is 15.2 Å². The summed E-state index contributed by atoms with van der Waals surface area (Å²) in [4.78, 5) is 39.3. The number of carbonyl (C=O) groups is 2. The second-order valence-electron chi connectivity index (χ2n) is 8.96. The molecule has 0 saturated carbocycles. The highest BCUT2D eigenvalue weighted by atomic mass is 35.5. The van der Waals surface area contributed by atoms with Gasteiger partial charge in [0.1, 0.15) is 12.4 Å². The van der Waals surface area contributed by atoms with E-state index >= 15 is 0 Å². The van der Waals surface area contributed by atoms with Crippen LogP contribution in [0.5, 0.6) is 5.75 Å². The molecule has 3 N–H and O–H groups in total. The van der Waals surface area contributed by atoms with Gasteiger partial charge >= 0.3 is 17.8 Å². The average molecular weight is 532 g/mol. The topological polar surface area (TPSA) is 121 Å². The lowest BCUT2D eigenvalue weighted by atomic mass is 9.96. The molecule has 10 nitrogen and oxygen atoms in total. The summed E-state index contributed by atoms with van der Waals surface area (Å²) in [5.41, 5.74) is 6.28. The van der Waals surface area contributed by atoms with E-state index in [9.17, 15) is 14.4 Å². The summed E-state index contributed by atoms with van der Waals surface area (Å²) in [6.45, 7) is 5.18. The maximum absolute atomic E-state index is 12.9. The molecular formula is C26H34ClN5O5. The Morgan fingerprint density at radius 1 is 1.05 bits per heavy atom. The number of piperidine rings is 1. The molecule has 1 atom stereocenters. The number of nitrogens with zero attached hydrogens (tertiary/aromatic N) is 3. The Morgan fingerprint density at radius 2 is 1.70 bits per heavy atom. The molecule has 0 radical (unpaired) electrons. The van der Waals surface area contributed by atoms with Gasteiger partial charge in [0.25, 0.3) is 0 Å². The maximum Gasteiger partial charge on any atom is 0.404 e. The lowest BCUT2D eigenvalue weighted by Gasteiger charge is -2.33. The summed E-state index contributed by atoms with van der Waals surface area (Å²) in [5.74, 6) is 0.989. The molecule has 4 rings (SSSR count). The van der Waals surface area contributed by atoms with E-state index in [-0.39, 0.29) is 30.6 Å². The molecule has 11 heteroatoms. The molecule has 1 aromatic heterocycles. The van der Waals surface area contributed by atoms with Crippen LogP contribution in [0.1, 0.15) is 19.8 Å². The molecule has 1 unspecified atom stereocenters. The van der Waals surface area contributed by atoms with Crippen LogP contribution < -0.4 is 21.5 Å². The number of aryl methyl sites for hydroxylation is 1. The van der Waals surface area contributed by atoms with Crippen molar-refractivity contribution in [2.45, 2.75) is 32.4 Å². The van der Waals surface area contributed by atoms with E-state index in [2.05, 4.69) is 10.2 Å². The molecule has 2 heterocycles. The molecule has 1 saturated heterocycles. The van der Waals surface area contributed by atoms with Crippen LogP contribution in [0.2, 0.25) is 0 Å². The predicted octanol–water partition coefficient (Wildman–Crippen LogP) is 3.06. The first-order valence-electron chi connectivity index (χ1n) is 12.3. The number of nitrogens with one attached hydrogen (secondary N) is 1. The van der Waals surface area contributed by atoms with Gasteiger partial charge in [-0.2, -0.15) is 0 Å². The zero-order valence-corrected chi connectivity index (χ0v) is 21.7. The zero-order chi connectivity index (χ0) is 25.5. The molecule has 0 bridgehead atoms. The fourth-order valence-corrected chi connectivity index (χ4v) is 4.68. The molecule has 2 aromatic carbocycles. The molecular weight excluding hydrogens is 498 g/mol. The van der Waals surface area contributed by atoms with Gasteiger partial charge in [-0.05, 0) is 63.0 Å². The number of fused-ring (bicyclic) bond motifs is 1. The number of halogens is 1. The number of para-hydroxylation sites is 3. The Morgan fingerprint density at radius 3 is 2.35 bits per heavy atom. The Kier molecular flexibility index (Phi) is 9.99. The highest BCUT2D eigenvalue weighted by Gasteiger charge is 2.25. The van der Waals surface area contributed by atoms with E-state index in [1.807, 2.05) is 55.5 Å². The van der Waals surface area contributed by atoms with Crippen LogP contribution in [0.3, 0.4) is 0 Å². The Bertz CT molecular complexity index is 1240. The minimum Gasteiger partial charge on any atom is -0.490 e. The van der Waals surface area contributed by atoms with Crippen LogP contribution in [0, 0.1) is 5.92 Å². The minimum atomic E-state index is -0.825. The number of primary amides is 1. The molecule has 1 aliphatic heterocycles. The number of benzene rings is 2. The average Bonchev–Trinajstić information content (AvgIpc) is 3.18. The summed E-state index contributed by atoms with van der Waals surface area (Å²) in [7, 11) is 0. The van der Waals surface area contributed by atoms with Gasteiger partial charge in [-0.25, -0.2) is 19.0 Å². The van der Waals surface area contributed by atoms with Gasteiger partial charge in [0.15, 0.2) is 6.10 Å². The SMILES string of the molecule is CCn1c(=O)n(C(=O)NCC2CCN(CC(COc3ccccc3)OC(N)=O)CC2)c2ccccc21.Cl. The molecule has 37 heavy (non-hydrogen) atoms. The van der Waals surface area contributed by atoms with E-state index in [0.717, 1.165) is 31.4 Å². The summed E-state index contributed by atoms with van der Waals surface area (Å²) in [6, 6.07) is 16.2. The second-order valence-corrected chi connectivity index (χ2v) is 8.96. The monoisotopic (exact) mass is 531 g/mol. The first-order valence-corrected chi connectivity index (χ1v) is 12.3. The number of likely N-dealkylation sites (tertiary alicyclic amines) is 1.